The molecule has 1 atom stereocenters. The topological polar surface area (TPSA) is 29.3 Å². The Hall–Kier alpha value is -0.570. The maximum atomic E-state index is 6.43. The molecule has 0 saturated carbocycles. The second kappa shape index (κ2) is 7.28. The molecule has 0 radical (unpaired) electrons. The molecule has 1 heterocycles. The van der Waals surface area contributed by atoms with Gasteiger partial charge in [0.2, 0.25) is 0 Å². The molecule has 1 aliphatic heterocycles. The Morgan fingerprint density at radius 3 is 2.63 bits per heavy atom. The SMILES string of the molecule is CC(CCN)c1ccc(CN2CCCCC2)c(Cl)c1. The Morgan fingerprint density at radius 2 is 2.00 bits per heavy atom. The molecule has 2 nitrogen and oxygen atoms in total. The molecule has 0 amide bonds. The van der Waals surface area contributed by atoms with Crippen molar-refractivity contribution in [3.05, 3.63) is 34.3 Å². The van der Waals surface area contributed by atoms with Gasteiger partial charge in [0.1, 0.15) is 0 Å². The molecule has 1 aromatic rings. The first kappa shape index (κ1) is 14.8. The van der Waals surface area contributed by atoms with Crippen molar-refractivity contribution in [2.45, 2.75) is 45.1 Å². The summed E-state index contributed by atoms with van der Waals surface area (Å²) in [6.45, 7) is 6.35. The minimum Gasteiger partial charge on any atom is -0.330 e. The summed E-state index contributed by atoms with van der Waals surface area (Å²) in [4.78, 5) is 2.51. The third-order valence-corrected chi connectivity index (χ3v) is 4.44. The van der Waals surface area contributed by atoms with E-state index in [1.807, 2.05) is 0 Å². The molecule has 0 aliphatic carbocycles. The van der Waals surface area contributed by atoms with E-state index in [4.69, 9.17) is 17.3 Å². The number of halogens is 1. The van der Waals surface area contributed by atoms with Crippen LogP contribution in [0.1, 0.15) is 49.7 Å². The van der Waals surface area contributed by atoms with Gasteiger partial charge < -0.3 is 5.73 Å². The van der Waals surface area contributed by atoms with Crippen molar-refractivity contribution in [1.82, 2.24) is 4.90 Å². The summed E-state index contributed by atoms with van der Waals surface area (Å²) >= 11 is 6.43. The van der Waals surface area contributed by atoms with Crippen molar-refractivity contribution in [3.63, 3.8) is 0 Å². The van der Waals surface area contributed by atoms with Gasteiger partial charge in [0.15, 0.2) is 0 Å². The zero-order chi connectivity index (χ0) is 13.7. The molecule has 106 valence electrons. The van der Waals surface area contributed by atoms with Crippen LogP contribution in [0.2, 0.25) is 5.02 Å². The van der Waals surface area contributed by atoms with Gasteiger partial charge in [0.05, 0.1) is 0 Å². The van der Waals surface area contributed by atoms with Crippen LogP contribution in [-0.4, -0.2) is 24.5 Å². The highest BCUT2D eigenvalue weighted by Crippen LogP contribution is 2.26. The molecule has 2 rings (SSSR count). The van der Waals surface area contributed by atoms with Gasteiger partial charge in [0, 0.05) is 11.6 Å². The maximum absolute atomic E-state index is 6.43. The fraction of sp³-hybridized carbons (Fsp3) is 0.625. The molecule has 2 N–H and O–H groups in total. The Bertz CT molecular complexity index is 400. The molecule has 1 aromatic carbocycles. The molecule has 19 heavy (non-hydrogen) atoms. The zero-order valence-electron chi connectivity index (χ0n) is 11.9. The van der Waals surface area contributed by atoms with Crippen LogP contribution in [0.4, 0.5) is 0 Å². The summed E-state index contributed by atoms with van der Waals surface area (Å²) in [6.07, 6.45) is 5.04. The van der Waals surface area contributed by atoms with Gasteiger partial charge in [0.25, 0.3) is 0 Å². The van der Waals surface area contributed by atoms with Gasteiger partial charge in [-0.25, -0.2) is 0 Å². The van der Waals surface area contributed by atoms with E-state index in [1.165, 1.54) is 43.5 Å². The van der Waals surface area contributed by atoms with Crippen LogP contribution in [0.5, 0.6) is 0 Å². The summed E-state index contributed by atoms with van der Waals surface area (Å²) in [5, 5.41) is 0.909. The van der Waals surface area contributed by atoms with E-state index in [0.29, 0.717) is 5.92 Å². The third-order valence-electron chi connectivity index (χ3n) is 4.09. The first-order valence-electron chi connectivity index (χ1n) is 7.41. The fourth-order valence-electron chi connectivity index (χ4n) is 2.77. The quantitative estimate of drug-likeness (QED) is 0.889. The molecule has 0 bridgehead atoms. The predicted molar refractivity (Wildman–Crippen MR) is 82.7 cm³/mol. The van der Waals surface area contributed by atoms with Crippen molar-refractivity contribution < 1.29 is 0 Å². The summed E-state index contributed by atoms with van der Waals surface area (Å²) in [6, 6.07) is 6.53. The van der Waals surface area contributed by atoms with Crippen molar-refractivity contribution in [3.8, 4) is 0 Å². The van der Waals surface area contributed by atoms with Crippen LogP contribution in [0.25, 0.3) is 0 Å². The Labute approximate surface area is 121 Å². The highest BCUT2D eigenvalue weighted by molar-refractivity contribution is 6.31. The zero-order valence-corrected chi connectivity index (χ0v) is 12.6. The second-order valence-corrected chi connectivity index (χ2v) is 6.07. The van der Waals surface area contributed by atoms with E-state index < -0.39 is 0 Å². The lowest BCUT2D eigenvalue weighted by Gasteiger charge is -2.27. The summed E-state index contributed by atoms with van der Waals surface area (Å²) in [5.41, 5.74) is 8.18. The minimum absolute atomic E-state index is 0.492. The van der Waals surface area contributed by atoms with Crippen LogP contribution >= 0.6 is 11.6 Å². The largest absolute Gasteiger partial charge is 0.330 e. The van der Waals surface area contributed by atoms with Crippen molar-refractivity contribution in [1.29, 1.82) is 0 Å². The van der Waals surface area contributed by atoms with Gasteiger partial charge in [-0.2, -0.15) is 0 Å². The third kappa shape index (κ3) is 4.20. The first-order valence-corrected chi connectivity index (χ1v) is 7.79. The number of nitrogens with zero attached hydrogens (tertiary/aromatic N) is 1. The van der Waals surface area contributed by atoms with Crippen LogP contribution in [0.15, 0.2) is 18.2 Å². The smallest absolute Gasteiger partial charge is 0.0453 e. The summed E-state index contributed by atoms with van der Waals surface area (Å²) in [7, 11) is 0. The molecule has 1 aliphatic rings. The van der Waals surface area contributed by atoms with Crippen LogP contribution < -0.4 is 5.73 Å². The van der Waals surface area contributed by atoms with Gasteiger partial charge in [-0.1, -0.05) is 37.1 Å². The van der Waals surface area contributed by atoms with Gasteiger partial charge in [-0.3, -0.25) is 4.90 Å². The number of hydrogen-bond acceptors (Lipinski definition) is 2. The lowest BCUT2D eigenvalue weighted by Crippen LogP contribution is -2.29. The molecule has 0 aromatic heterocycles. The molecule has 1 saturated heterocycles. The van der Waals surface area contributed by atoms with Crippen LogP contribution in [0.3, 0.4) is 0 Å². The predicted octanol–water partition coefficient (Wildman–Crippen LogP) is 3.78. The van der Waals surface area contributed by atoms with Crippen LogP contribution in [-0.2, 0) is 6.54 Å². The fourth-order valence-corrected chi connectivity index (χ4v) is 3.02. The van der Waals surface area contributed by atoms with Crippen LogP contribution in [0, 0.1) is 0 Å². The number of hydrogen-bond donors (Lipinski definition) is 1. The minimum atomic E-state index is 0.492. The molecule has 0 spiro atoms. The number of benzene rings is 1. The number of nitrogens with two attached hydrogens (primary N) is 1. The molecule has 1 unspecified atom stereocenters. The molecular formula is C16H25ClN2. The van der Waals surface area contributed by atoms with E-state index >= 15 is 0 Å². The average Bonchev–Trinajstić information content (AvgIpc) is 2.42. The lowest BCUT2D eigenvalue weighted by molar-refractivity contribution is 0.221. The summed E-state index contributed by atoms with van der Waals surface area (Å²) < 4.78 is 0. The normalized spacial score (nSPS) is 18.5. The average molecular weight is 281 g/mol. The number of likely N-dealkylation sites (tertiary alicyclic amines) is 1. The lowest BCUT2D eigenvalue weighted by atomic mass is 9.96. The number of piperidine rings is 1. The van der Waals surface area contributed by atoms with Crippen molar-refractivity contribution >= 4 is 11.6 Å². The summed E-state index contributed by atoms with van der Waals surface area (Å²) in [5.74, 6) is 0.492. The van der Waals surface area contributed by atoms with E-state index in [9.17, 15) is 0 Å². The number of rotatable bonds is 5. The van der Waals surface area contributed by atoms with Crippen molar-refractivity contribution in [2.24, 2.45) is 5.73 Å². The first-order chi connectivity index (χ1) is 9.20. The maximum Gasteiger partial charge on any atom is 0.0453 e. The van der Waals surface area contributed by atoms with E-state index in [0.717, 1.165) is 24.5 Å². The Kier molecular flexibility index (Phi) is 5.68. The molecular weight excluding hydrogens is 256 g/mol. The Morgan fingerprint density at radius 1 is 1.26 bits per heavy atom. The van der Waals surface area contributed by atoms with E-state index in [1.54, 1.807) is 0 Å². The molecule has 1 fully saturated rings. The monoisotopic (exact) mass is 280 g/mol. The Balaban J connectivity index is 2.01. The van der Waals surface area contributed by atoms with Gasteiger partial charge >= 0.3 is 0 Å². The van der Waals surface area contributed by atoms with Crippen molar-refractivity contribution in [2.75, 3.05) is 19.6 Å². The van der Waals surface area contributed by atoms with E-state index in [-0.39, 0.29) is 0 Å². The van der Waals surface area contributed by atoms with Gasteiger partial charge in [-0.15, -0.1) is 0 Å². The standard InChI is InChI=1S/C16H25ClN2/c1-13(7-8-18)14-5-6-15(16(17)11-14)12-19-9-3-2-4-10-19/h5-6,11,13H,2-4,7-10,12,18H2,1H3. The van der Waals surface area contributed by atoms with Gasteiger partial charge in [-0.05, 0) is 62.0 Å². The highest BCUT2D eigenvalue weighted by Gasteiger charge is 2.13. The second-order valence-electron chi connectivity index (χ2n) is 5.67. The highest BCUT2D eigenvalue weighted by atomic mass is 35.5. The molecule has 3 heteroatoms. The van der Waals surface area contributed by atoms with E-state index in [2.05, 4.69) is 30.0 Å².